The van der Waals surface area contributed by atoms with Crippen LogP contribution < -0.4 is 0 Å². The van der Waals surface area contributed by atoms with E-state index >= 15 is 0 Å². The van der Waals surface area contributed by atoms with Crippen LogP contribution in [0.25, 0.3) is 15.9 Å². The summed E-state index contributed by atoms with van der Waals surface area (Å²) in [4.78, 5) is 6.95. The molecule has 0 spiro atoms. The molecule has 19 heavy (non-hydrogen) atoms. The summed E-state index contributed by atoms with van der Waals surface area (Å²) < 4.78 is 2.07. The molecule has 0 amide bonds. The first-order valence-corrected chi connectivity index (χ1v) is 7.58. The summed E-state index contributed by atoms with van der Waals surface area (Å²) in [6.07, 6.45) is 4.04. The average Bonchev–Trinajstić information content (AvgIpc) is 2.94. The highest BCUT2D eigenvalue weighted by Crippen LogP contribution is 2.32. The lowest BCUT2D eigenvalue weighted by Crippen LogP contribution is -2.02. The monoisotopic (exact) mass is 274 g/mol. The lowest BCUT2D eigenvalue weighted by Gasteiger charge is -2.09. The van der Waals surface area contributed by atoms with Gasteiger partial charge in [0.05, 0.1) is 5.39 Å². The van der Waals surface area contributed by atoms with Crippen LogP contribution in [-0.4, -0.2) is 19.6 Å². The largest absolute Gasteiger partial charge is 0.268 e. The van der Waals surface area contributed by atoms with Gasteiger partial charge in [0.2, 0.25) is 0 Å². The first-order chi connectivity index (χ1) is 9.17. The Labute approximate surface area is 116 Å². The van der Waals surface area contributed by atoms with Crippen molar-refractivity contribution in [3.05, 3.63) is 22.6 Å². The highest BCUT2D eigenvalue weighted by atomic mass is 32.1. The number of hydrogen-bond donors (Lipinski definition) is 0. The molecular weight excluding hydrogens is 256 g/mol. The molecular formula is C14H18N4S. The van der Waals surface area contributed by atoms with Gasteiger partial charge in [0.25, 0.3) is 0 Å². The second-order valence-electron chi connectivity index (χ2n) is 4.97. The molecule has 0 bridgehead atoms. The van der Waals surface area contributed by atoms with Gasteiger partial charge in [0, 0.05) is 10.8 Å². The van der Waals surface area contributed by atoms with Gasteiger partial charge in [0.1, 0.15) is 17.0 Å². The summed E-state index contributed by atoms with van der Waals surface area (Å²) in [5, 5.41) is 9.99. The third-order valence-electron chi connectivity index (χ3n) is 3.95. The van der Waals surface area contributed by atoms with E-state index in [4.69, 9.17) is 0 Å². The average molecular weight is 274 g/mol. The number of rotatable bonds is 3. The van der Waals surface area contributed by atoms with Crippen LogP contribution in [0.5, 0.6) is 0 Å². The van der Waals surface area contributed by atoms with Gasteiger partial charge in [-0.25, -0.2) is 4.98 Å². The molecule has 3 aromatic heterocycles. The minimum atomic E-state index is 0.453. The first-order valence-electron chi connectivity index (χ1n) is 6.76. The molecule has 0 radical (unpaired) electrons. The zero-order chi connectivity index (χ0) is 13.6. The van der Waals surface area contributed by atoms with E-state index in [1.54, 1.807) is 11.3 Å². The maximum Gasteiger partial charge on any atom is 0.172 e. The van der Waals surface area contributed by atoms with Crippen LogP contribution in [0.3, 0.4) is 0 Å². The Morgan fingerprint density at radius 2 is 1.95 bits per heavy atom. The molecule has 0 fully saturated rings. The van der Waals surface area contributed by atoms with E-state index in [-0.39, 0.29) is 0 Å². The second kappa shape index (κ2) is 4.56. The third kappa shape index (κ3) is 1.75. The predicted octanol–water partition coefficient (Wildman–Crippen LogP) is 3.86. The van der Waals surface area contributed by atoms with E-state index in [0.29, 0.717) is 5.92 Å². The fraction of sp³-hybridized carbons (Fsp3) is 0.500. The highest BCUT2D eigenvalue weighted by molar-refractivity contribution is 7.18. The molecule has 3 aromatic rings. The zero-order valence-corrected chi connectivity index (χ0v) is 12.6. The number of fused-ring (bicyclic) bond motifs is 3. The number of aryl methyl sites for hydroxylation is 2. The van der Waals surface area contributed by atoms with Crippen molar-refractivity contribution in [2.45, 2.75) is 46.5 Å². The summed E-state index contributed by atoms with van der Waals surface area (Å²) in [6, 6.07) is 0. The van der Waals surface area contributed by atoms with Crippen molar-refractivity contribution in [3.8, 4) is 0 Å². The normalized spacial score (nSPS) is 12.1. The van der Waals surface area contributed by atoms with E-state index in [1.165, 1.54) is 10.4 Å². The van der Waals surface area contributed by atoms with E-state index in [2.05, 4.69) is 47.3 Å². The summed E-state index contributed by atoms with van der Waals surface area (Å²) >= 11 is 1.73. The fourth-order valence-corrected chi connectivity index (χ4v) is 3.58. The topological polar surface area (TPSA) is 43.1 Å². The van der Waals surface area contributed by atoms with Crippen LogP contribution in [-0.2, 0) is 0 Å². The molecule has 0 N–H and O–H groups in total. The fourth-order valence-electron chi connectivity index (χ4n) is 2.59. The molecule has 0 aliphatic heterocycles. The maximum absolute atomic E-state index is 4.58. The molecule has 5 heteroatoms. The van der Waals surface area contributed by atoms with E-state index < -0.39 is 0 Å². The van der Waals surface area contributed by atoms with Gasteiger partial charge in [-0.3, -0.25) is 4.40 Å². The number of thiophene rings is 1. The van der Waals surface area contributed by atoms with Crippen LogP contribution in [0.1, 0.15) is 48.9 Å². The highest BCUT2D eigenvalue weighted by Gasteiger charge is 2.18. The summed E-state index contributed by atoms with van der Waals surface area (Å²) in [5.41, 5.74) is 2.23. The molecule has 0 atom stereocenters. The molecule has 3 rings (SSSR count). The Morgan fingerprint density at radius 1 is 1.21 bits per heavy atom. The van der Waals surface area contributed by atoms with Gasteiger partial charge in [-0.1, -0.05) is 13.8 Å². The zero-order valence-electron chi connectivity index (χ0n) is 11.8. The predicted molar refractivity (Wildman–Crippen MR) is 79.0 cm³/mol. The molecule has 0 aromatic carbocycles. The number of hydrogen-bond acceptors (Lipinski definition) is 4. The van der Waals surface area contributed by atoms with Crippen LogP contribution in [0, 0.1) is 13.8 Å². The number of aromatic nitrogens is 4. The van der Waals surface area contributed by atoms with Crippen LogP contribution in [0.2, 0.25) is 0 Å². The van der Waals surface area contributed by atoms with Crippen molar-refractivity contribution in [1.82, 2.24) is 19.6 Å². The summed E-state index contributed by atoms with van der Waals surface area (Å²) in [7, 11) is 0. The van der Waals surface area contributed by atoms with Crippen LogP contribution in [0.4, 0.5) is 0 Å². The summed E-state index contributed by atoms with van der Waals surface area (Å²) in [5.74, 6) is 1.49. The molecule has 0 aliphatic rings. The van der Waals surface area contributed by atoms with Crippen molar-refractivity contribution >= 4 is 27.2 Å². The van der Waals surface area contributed by atoms with Gasteiger partial charge in [-0.05, 0) is 32.3 Å². The Morgan fingerprint density at radius 3 is 2.63 bits per heavy atom. The Kier molecular flexibility index (Phi) is 3.01. The lowest BCUT2D eigenvalue weighted by atomic mass is 10.0. The van der Waals surface area contributed by atoms with Crippen molar-refractivity contribution in [2.24, 2.45) is 0 Å². The van der Waals surface area contributed by atoms with Crippen molar-refractivity contribution < 1.29 is 0 Å². The Balaban J connectivity index is 2.33. The lowest BCUT2D eigenvalue weighted by molar-refractivity contribution is 0.594. The molecule has 4 nitrogen and oxygen atoms in total. The Hall–Kier alpha value is -1.49. The molecule has 3 heterocycles. The van der Waals surface area contributed by atoms with Gasteiger partial charge in [0.15, 0.2) is 5.65 Å². The van der Waals surface area contributed by atoms with Gasteiger partial charge in [-0.15, -0.1) is 21.5 Å². The molecule has 0 aliphatic carbocycles. The van der Waals surface area contributed by atoms with E-state index in [0.717, 1.165) is 34.5 Å². The third-order valence-corrected chi connectivity index (χ3v) is 5.07. The van der Waals surface area contributed by atoms with Crippen LogP contribution >= 0.6 is 11.3 Å². The minimum Gasteiger partial charge on any atom is -0.268 e. The van der Waals surface area contributed by atoms with E-state index in [1.807, 2.05) is 6.33 Å². The second-order valence-corrected chi connectivity index (χ2v) is 6.18. The first kappa shape index (κ1) is 12.5. The van der Waals surface area contributed by atoms with Gasteiger partial charge < -0.3 is 0 Å². The van der Waals surface area contributed by atoms with E-state index in [9.17, 15) is 0 Å². The molecule has 0 saturated heterocycles. The van der Waals surface area contributed by atoms with Crippen molar-refractivity contribution in [2.75, 3.05) is 0 Å². The van der Waals surface area contributed by atoms with Gasteiger partial charge in [-0.2, -0.15) is 0 Å². The molecule has 100 valence electrons. The smallest absolute Gasteiger partial charge is 0.172 e. The maximum atomic E-state index is 4.58. The van der Waals surface area contributed by atoms with Gasteiger partial charge >= 0.3 is 0 Å². The summed E-state index contributed by atoms with van der Waals surface area (Å²) in [6.45, 7) is 8.67. The quantitative estimate of drug-likeness (QED) is 0.728. The SMILES string of the molecule is CCC(CC)c1nnc2c3c(C)c(C)sc3ncn12. The molecule has 0 unspecified atom stereocenters. The van der Waals surface area contributed by atoms with Crippen molar-refractivity contribution in [1.29, 1.82) is 0 Å². The number of nitrogens with zero attached hydrogens (tertiary/aromatic N) is 4. The molecule has 0 saturated carbocycles. The standard InChI is InChI=1S/C14H18N4S/c1-5-10(6-2)12-16-17-13-11-8(3)9(4)19-14(11)15-7-18(12)13/h7,10H,5-6H2,1-4H3. The van der Waals surface area contributed by atoms with Crippen molar-refractivity contribution in [3.63, 3.8) is 0 Å². The minimum absolute atomic E-state index is 0.453. The van der Waals surface area contributed by atoms with Crippen LogP contribution in [0.15, 0.2) is 6.33 Å². The Bertz CT molecular complexity index is 737.